The number of hydrogen-bond donors (Lipinski definition) is 1. The number of anilines is 1. The molecule has 0 spiro atoms. The molecule has 27 heavy (non-hydrogen) atoms. The molecule has 1 fully saturated rings. The van der Waals surface area contributed by atoms with Crippen molar-refractivity contribution in [3.63, 3.8) is 0 Å². The Kier molecular flexibility index (Phi) is 6.02. The van der Waals surface area contributed by atoms with Gasteiger partial charge in [0.2, 0.25) is 0 Å². The maximum absolute atomic E-state index is 14.9. The van der Waals surface area contributed by atoms with E-state index in [1.165, 1.54) is 11.8 Å². The Hall–Kier alpha value is -1.32. The fraction of sp³-hybridized carbons (Fsp3) is 0.588. The van der Waals surface area contributed by atoms with Gasteiger partial charge in [0.1, 0.15) is 17.0 Å². The number of aromatic nitrogens is 3. The summed E-state index contributed by atoms with van der Waals surface area (Å²) in [5, 5.41) is 2.86. The van der Waals surface area contributed by atoms with Crippen LogP contribution in [-0.4, -0.2) is 46.4 Å². The van der Waals surface area contributed by atoms with Crippen molar-refractivity contribution in [1.82, 2.24) is 20.3 Å². The van der Waals surface area contributed by atoms with Gasteiger partial charge in [-0.15, -0.1) is 0 Å². The van der Waals surface area contributed by atoms with Crippen molar-refractivity contribution in [2.75, 3.05) is 30.3 Å². The normalized spacial score (nSPS) is 20.6. The van der Waals surface area contributed by atoms with E-state index in [0.29, 0.717) is 36.4 Å². The molecule has 2 aliphatic heterocycles. The molecule has 2 aliphatic rings. The third-order valence-electron chi connectivity index (χ3n) is 4.44. The van der Waals surface area contributed by atoms with Crippen molar-refractivity contribution in [2.45, 2.75) is 44.3 Å². The summed E-state index contributed by atoms with van der Waals surface area (Å²) in [4.78, 5) is 14.1. The van der Waals surface area contributed by atoms with Crippen molar-refractivity contribution in [3.8, 4) is 0 Å². The van der Waals surface area contributed by atoms with E-state index in [4.69, 9.17) is 11.6 Å². The van der Waals surface area contributed by atoms with Crippen LogP contribution in [0.2, 0.25) is 5.15 Å². The van der Waals surface area contributed by atoms with E-state index in [-0.39, 0.29) is 10.9 Å². The fourth-order valence-electron chi connectivity index (χ4n) is 3.39. The highest BCUT2D eigenvalue weighted by atomic mass is 35.5. The summed E-state index contributed by atoms with van der Waals surface area (Å²) in [6.45, 7) is 7.47. The van der Waals surface area contributed by atoms with E-state index >= 15 is 0 Å². The van der Waals surface area contributed by atoms with E-state index in [0.717, 1.165) is 0 Å². The lowest BCUT2D eigenvalue weighted by Crippen LogP contribution is -2.52. The minimum absolute atomic E-state index is 0.0308. The number of pyridine rings is 1. The number of fused-ring (bicyclic) bond motifs is 2. The Morgan fingerprint density at radius 3 is 2.74 bits per heavy atom. The Bertz CT molecular complexity index is 851. The highest BCUT2D eigenvalue weighted by Crippen LogP contribution is 2.45. The number of nitrogens with one attached hydrogen (secondary N) is 1. The zero-order chi connectivity index (χ0) is 19.8. The standard InChI is InChI=1S/C15H15ClF3N5S.C2H6/c1-2-25-14-21-10-8-11(22-12(16)9(10)17)15(18,19)5-7-6-20-3-4-24(7)13(8)23-14;1-2/h7,20H,2-6H2,1H3;1-2H3. The van der Waals surface area contributed by atoms with E-state index in [1.54, 1.807) is 0 Å². The van der Waals surface area contributed by atoms with Crippen molar-refractivity contribution in [1.29, 1.82) is 0 Å². The monoisotopic (exact) mass is 419 g/mol. The molecule has 1 N–H and O–H groups in total. The van der Waals surface area contributed by atoms with Gasteiger partial charge in [-0.2, -0.15) is 8.78 Å². The molecule has 5 nitrogen and oxygen atoms in total. The highest BCUT2D eigenvalue weighted by molar-refractivity contribution is 7.99. The van der Waals surface area contributed by atoms with Crippen LogP contribution in [0.3, 0.4) is 0 Å². The third-order valence-corrected chi connectivity index (χ3v) is 5.42. The Morgan fingerprint density at radius 2 is 2.04 bits per heavy atom. The lowest BCUT2D eigenvalue weighted by atomic mass is 10.0. The second-order valence-electron chi connectivity index (χ2n) is 6.01. The first-order chi connectivity index (χ1) is 12.9. The summed E-state index contributed by atoms with van der Waals surface area (Å²) >= 11 is 7.13. The van der Waals surface area contributed by atoms with Gasteiger partial charge in [-0.3, -0.25) is 0 Å². The Labute approximate surface area is 165 Å². The Balaban J connectivity index is 0.00000102. The maximum Gasteiger partial charge on any atom is 0.292 e. The molecule has 0 aliphatic carbocycles. The van der Waals surface area contributed by atoms with E-state index in [9.17, 15) is 13.2 Å². The number of hydrogen-bond acceptors (Lipinski definition) is 6. The summed E-state index contributed by atoms with van der Waals surface area (Å²) < 4.78 is 44.4. The van der Waals surface area contributed by atoms with Crippen molar-refractivity contribution in [3.05, 3.63) is 16.7 Å². The topological polar surface area (TPSA) is 53.9 Å². The molecule has 4 rings (SSSR count). The molecule has 2 aromatic rings. The first-order valence-electron chi connectivity index (χ1n) is 8.97. The average molecular weight is 420 g/mol. The van der Waals surface area contributed by atoms with Gasteiger partial charge in [-0.25, -0.2) is 19.3 Å². The van der Waals surface area contributed by atoms with Crippen LogP contribution in [0.25, 0.3) is 10.9 Å². The number of alkyl halides is 2. The molecular weight excluding hydrogens is 399 g/mol. The van der Waals surface area contributed by atoms with Gasteiger partial charge in [-0.1, -0.05) is 44.1 Å². The van der Waals surface area contributed by atoms with Gasteiger partial charge in [0.15, 0.2) is 16.1 Å². The minimum atomic E-state index is -3.24. The number of halogens is 4. The quantitative estimate of drug-likeness (QED) is 0.446. The molecule has 0 amide bonds. The number of nitrogens with zero attached hydrogens (tertiary/aromatic N) is 4. The van der Waals surface area contributed by atoms with Crippen molar-refractivity contribution < 1.29 is 13.2 Å². The molecule has 0 aromatic carbocycles. The van der Waals surface area contributed by atoms with Gasteiger partial charge in [0.05, 0.1) is 5.39 Å². The van der Waals surface area contributed by atoms with Gasteiger partial charge < -0.3 is 10.2 Å². The lowest BCUT2D eigenvalue weighted by molar-refractivity contribution is -0.0225. The van der Waals surface area contributed by atoms with Crippen molar-refractivity contribution in [2.24, 2.45) is 0 Å². The second-order valence-corrected chi connectivity index (χ2v) is 7.60. The number of thioether (sulfide) groups is 1. The summed E-state index contributed by atoms with van der Waals surface area (Å²) in [7, 11) is 0. The van der Waals surface area contributed by atoms with Crippen LogP contribution in [0.1, 0.15) is 32.9 Å². The number of rotatable bonds is 2. The van der Waals surface area contributed by atoms with Crippen LogP contribution in [0.15, 0.2) is 5.16 Å². The largest absolute Gasteiger partial charge is 0.350 e. The van der Waals surface area contributed by atoms with Gasteiger partial charge in [0.25, 0.3) is 5.92 Å². The predicted molar refractivity (Wildman–Crippen MR) is 103 cm³/mol. The van der Waals surface area contributed by atoms with Crippen LogP contribution < -0.4 is 10.2 Å². The summed E-state index contributed by atoms with van der Waals surface area (Å²) in [5.74, 6) is -3.13. The Morgan fingerprint density at radius 1 is 1.30 bits per heavy atom. The molecule has 0 saturated carbocycles. The molecule has 10 heteroatoms. The molecule has 0 bridgehead atoms. The van der Waals surface area contributed by atoms with Crippen LogP contribution in [0, 0.1) is 5.82 Å². The van der Waals surface area contributed by atoms with Crippen LogP contribution in [0.4, 0.5) is 19.0 Å². The molecule has 1 saturated heterocycles. The molecule has 1 unspecified atom stereocenters. The molecule has 148 valence electrons. The van der Waals surface area contributed by atoms with E-state index in [1.807, 2.05) is 25.7 Å². The fourth-order valence-corrected chi connectivity index (χ4v) is 4.13. The van der Waals surface area contributed by atoms with E-state index in [2.05, 4.69) is 20.3 Å². The molecule has 1 atom stereocenters. The van der Waals surface area contributed by atoms with Gasteiger partial charge in [0, 0.05) is 32.1 Å². The summed E-state index contributed by atoms with van der Waals surface area (Å²) in [6, 6.07) is -0.461. The minimum Gasteiger partial charge on any atom is -0.350 e. The SMILES string of the molecule is CC.CCSc1nc2c3c(nc(Cl)c(F)c3n1)C(F)(F)CC1CNCCN21. The smallest absolute Gasteiger partial charge is 0.292 e. The zero-order valence-corrected chi connectivity index (χ0v) is 16.9. The molecule has 0 radical (unpaired) electrons. The summed E-state index contributed by atoms with van der Waals surface area (Å²) in [6.07, 6.45) is -0.434. The highest BCUT2D eigenvalue weighted by Gasteiger charge is 2.46. The van der Waals surface area contributed by atoms with Crippen molar-refractivity contribution >= 4 is 40.1 Å². The molecule has 4 heterocycles. The van der Waals surface area contributed by atoms with Crippen LogP contribution in [0.5, 0.6) is 0 Å². The third kappa shape index (κ3) is 3.56. The average Bonchev–Trinajstić information content (AvgIpc) is 2.74. The maximum atomic E-state index is 14.9. The predicted octanol–water partition coefficient (Wildman–Crippen LogP) is 4.23. The van der Waals surface area contributed by atoms with Crippen LogP contribution in [-0.2, 0) is 5.92 Å². The summed E-state index contributed by atoms with van der Waals surface area (Å²) in [5.41, 5.74) is -0.721. The molecular formula is C17H21ClF3N5S. The second kappa shape index (κ2) is 7.97. The first kappa shape index (κ1) is 20.4. The number of piperazine rings is 1. The van der Waals surface area contributed by atoms with Crippen LogP contribution >= 0.6 is 23.4 Å². The van der Waals surface area contributed by atoms with E-state index < -0.39 is 35.0 Å². The zero-order valence-electron chi connectivity index (χ0n) is 15.3. The first-order valence-corrected chi connectivity index (χ1v) is 10.3. The molecule has 2 aromatic heterocycles. The lowest BCUT2D eigenvalue weighted by Gasteiger charge is -2.36. The van der Waals surface area contributed by atoms with Gasteiger partial charge in [-0.05, 0) is 5.75 Å². The van der Waals surface area contributed by atoms with Gasteiger partial charge >= 0.3 is 0 Å².